The number of carbonyl (C=O) groups is 2. The van der Waals surface area contributed by atoms with E-state index in [1.54, 1.807) is 31.4 Å². The van der Waals surface area contributed by atoms with Gasteiger partial charge in [0.05, 0.1) is 19.1 Å². The molecule has 3 rings (SSSR count). The van der Waals surface area contributed by atoms with Crippen molar-refractivity contribution in [3.63, 3.8) is 0 Å². The first-order chi connectivity index (χ1) is 18.0. The highest BCUT2D eigenvalue weighted by Gasteiger charge is 2.32. The van der Waals surface area contributed by atoms with Gasteiger partial charge in [0.2, 0.25) is 21.8 Å². The number of amides is 2. The van der Waals surface area contributed by atoms with Crippen LogP contribution in [0.2, 0.25) is 0 Å². The Morgan fingerprint density at radius 1 is 1.00 bits per heavy atom. The Bertz CT molecular complexity index is 1370. The summed E-state index contributed by atoms with van der Waals surface area (Å²) >= 11 is 0. The summed E-state index contributed by atoms with van der Waals surface area (Å²) in [7, 11) is -2.27. The minimum atomic E-state index is -3.83. The quantitative estimate of drug-likeness (QED) is 0.372. The Morgan fingerprint density at radius 3 is 2.34 bits per heavy atom. The molecule has 0 aliphatic rings. The fourth-order valence-corrected chi connectivity index (χ4v) is 5.19. The van der Waals surface area contributed by atoms with Crippen molar-refractivity contribution in [3.05, 3.63) is 72.3 Å². The van der Waals surface area contributed by atoms with Crippen LogP contribution in [-0.2, 0) is 26.2 Å². The molecule has 0 heterocycles. The first kappa shape index (κ1) is 29.0. The van der Waals surface area contributed by atoms with Crippen molar-refractivity contribution >= 4 is 38.3 Å². The van der Waals surface area contributed by atoms with Crippen LogP contribution in [0.4, 0.5) is 5.69 Å². The van der Waals surface area contributed by atoms with E-state index in [9.17, 15) is 18.0 Å². The van der Waals surface area contributed by atoms with E-state index < -0.39 is 28.5 Å². The molecule has 0 aliphatic heterocycles. The topological polar surface area (TPSA) is 96.0 Å². The van der Waals surface area contributed by atoms with E-state index in [0.717, 1.165) is 21.5 Å². The number of hydrogen-bond donors (Lipinski definition) is 1. The van der Waals surface area contributed by atoms with E-state index in [4.69, 9.17) is 4.74 Å². The second-order valence-electron chi connectivity index (χ2n) is 9.70. The highest BCUT2D eigenvalue weighted by Crippen LogP contribution is 2.29. The highest BCUT2D eigenvalue weighted by molar-refractivity contribution is 7.92. The summed E-state index contributed by atoms with van der Waals surface area (Å²) in [5, 5.41) is 4.50. The van der Waals surface area contributed by atoms with Crippen molar-refractivity contribution in [3.8, 4) is 5.75 Å². The Balaban J connectivity index is 2.02. The van der Waals surface area contributed by atoms with Crippen LogP contribution in [0, 0.1) is 5.92 Å². The van der Waals surface area contributed by atoms with Crippen molar-refractivity contribution in [2.24, 2.45) is 5.92 Å². The maximum absolute atomic E-state index is 13.9. The van der Waals surface area contributed by atoms with E-state index in [1.807, 2.05) is 63.2 Å². The van der Waals surface area contributed by atoms with Crippen molar-refractivity contribution in [2.75, 3.05) is 30.8 Å². The molecular formula is C29H37N3O5S. The number of benzene rings is 3. The lowest BCUT2D eigenvalue weighted by atomic mass is 10.1. The van der Waals surface area contributed by atoms with E-state index in [-0.39, 0.29) is 18.4 Å². The molecule has 0 unspecified atom stereocenters. The van der Waals surface area contributed by atoms with Gasteiger partial charge >= 0.3 is 0 Å². The maximum Gasteiger partial charge on any atom is 0.244 e. The average molecular weight is 540 g/mol. The number of nitrogens with one attached hydrogen (secondary N) is 1. The van der Waals surface area contributed by atoms with Gasteiger partial charge < -0.3 is 15.0 Å². The molecule has 8 nitrogen and oxygen atoms in total. The molecule has 0 radical (unpaired) electrons. The Morgan fingerprint density at radius 2 is 1.68 bits per heavy atom. The van der Waals surface area contributed by atoms with Crippen LogP contribution < -0.4 is 14.4 Å². The van der Waals surface area contributed by atoms with Gasteiger partial charge in [-0.3, -0.25) is 13.9 Å². The lowest BCUT2D eigenvalue weighted by Crippen LogP contribution is -2.52. The van der Waals surface area contributed by atoms with Gasteiger partial charge in [-0.25, -0.2) is 8.42 Å². The van der Waals surface area contributed by atoms with Crippen LogP contribution in [0.3, 0.4) is 0 Å². The van der Waals surface area contributed by atoms with E-state index >= 15 is 0 Å². The van der Waals surface area contributed by atoms with Gasteiger partial charge in [-0.2, -0.15) is 0 Å². The molecular weight excluding hydrogens is 502 g/mol. The molecule has 0 spiro atoms. The summed E-state index contributed by atoms with van der Waals surface area (Å²) in [4.78, 5) is 28.6. The molecule has 9 heteroatoms. The molecule has 204 valence electrons. The van der Waals surface area contributed by atoms with Crippen LogP contribution in [0.5, 0.6) is 5.75 Å². The van der Waals surface area contributed by atoms with Crippen LogP contribution >= 0.6 is 0 Å². The monoisotopic (exact) mass is 539 g/mol. The minimum absolute atomic E-state index is 0.122. The van der Waals surface area contributed by atoms with Crippen LogP contribution in [-0.4, -0.2) is 57.6 Å². The maximum atomic E-state index is 13.9. The number of nitrogens with zero attached hydrogens (tertiary/aromatic N) is 2. The number of methoxy groups -OCH3 is 1. The van der Waals surface area contributed by atoms with Crippen molar-refractivity contribution in [1.82, 2.24) is 10.2 Å². The number of fused-ring (bicyclic) bond motifs is 1. The minimum Gasteiger partial charge on any atom is -0.497 e. The summed E-state index contributed by atoms with van der Waals surface area (Å²) < 4.78 is 32.4. The second kappa shape index (κ2) is 12.8. The van der Waals surface area contributed by atoms with Gasteiger partial charge in [0.25, 0.3) is 0 Å². The van der Waals surface area contributed by atoms with E-state index in [0.29, 0.717) is 29.8 Å². The molecule has 1 atom stereocenters. The molecule has 0 aliphatic carbocycles. The van der Waals surface area contributed by atoms with Gasteiger partial charge in [-0.05, 0) is 41.5 Å². The third kappa shape index (κ3) is 7.25. The zero-order valence-corrected chi connectivity index (χ0v) is 23.5. The number of sulfonamides is 1. The number of hydrogen-bond acceptors (Lipinski definition) is 5. The third-order valence-corrected chi connectivity index (χ3v) is 7.40. The first-order valence-electron chi connectivity index (χ1n) is 12.7. The van der Waals surface area contributed by atoms with Gasteiger partial charge in [0.1, 0.15) is 18.3 Å². The number of anilines is 1. The summed E-state index contributed by atoms with van der Waals surface area (Å²) in [6, 6.07) is 19.3. The predicted octanol–water partition coefficient (Wildman–Crippen LogP) is 4.19. The van der Waals surface area contributed by atoms with Crippen LogP contribution in [0.1, 0.15) is 32.8 Å². The van der Waals surface area contributed by atoms with Gasteiger partial charge in [0.15, 0.2) is 0 Å². The Kier molecular flexibility index (Phi) is 9.74. The Labute approximate surface area is 225 Å². The van der Waals surface area contributed by atoms with E-state index in [2.05, 4.69) is 5.32 Å². The zero-order valence-electron chi connectivity index (χ0n) is 22.7. The lowest BCUT2D eigenvalue weighted by molar-refractivity contribution is -0.140. The van der Waals surface area contributed by atoms with Crippen molar-refractivity contribution in [1.29, 1.82) is 0 Å². The smallest absolute Gasteiger partial charge is 0.244 e. The molecule has 1 N–H and O–H groups in total. The molecule has 2 amide bonds. The molecule has 0 saturated heterocycles. The largest absolute Gasteiger partial charge is 0.497 e. The third-order valence-electron chi connectivity index (χ3n) is 6.27. The molecule has 38 heavy (non-hydrogen) atoms. The number of rotatable bonds is 12. The van der Waals surface area contributed by atoms with E-state index in [1.165, 1.54) is 4.90 Å². The Hall–Kier alpha value is -3.59. The van der Waals surface area contributed by atoms with Crippen molar-refractivity contribution in [2.45, 2.75) is 39.8 Å². The summed E-state index contributed by atoms with van der Waals surface area (Å²) in [6.45, 7) is 5.98. The van der Waals surface area contributed by atoms with Gasteiger partial charge in [0, 0.05) is 18.5 Å². The highest BCUT2D eigenvalue weighted by atomic mass is 32.2. The molecule has 0 fully saturated rings. The predicted molar refractivity (Wildman–Crippen MR) is 152 cm³/mol. The standard InChI is InChI=1S/C29H37N3O5S/c1-6-26(29(34)30-18-21(2)3)31(19-22-11-9-14-24(17-22)37-4)28(33)20-32(38(5,35)36)27-16-10-13-23-12-7-8-15-25(23)27/h7-17,21,26H,6,18-20H2,1-5H3,(H,30,34)/t26-/m1/s1. The number of carbonyl (C=O) groups excluding carboxylic acids is 2. The molecule has 3 aromatic rings. The average Bonchev–Trinajstić information content (AvgIpc) is 2.89. The molecule has 0 aromatic heterocycles. The molecule has 0 bridgehead atoms. The summed E-state index contributed by atoms with van der Waals surface area (Å²) in [5.41, 5.74) is 1.18. The molecule has 0 saturated carbocycles. The second-order valence-corrected chi connectivity index (χ2v) is 11.6. The van der Waals surface area contributed by atoms with Gasteiger partial charge in [-0.15, -0.1) is 0 Å². The molecule has 3 aromatic carbocycles. The van der Waals surface area contributed by atoms with Gasteiger partial charge in [-0.1, -0.05) is 69.3 Å². The lowest BCUT2D eigenvalue weighted by Gasteiger charge is -2.33. The van der Waals surface area contributed by atoms with Crippen LogP contribution in [0.15, 0.2) is 66.7 Å². The SMILES string of the molecule is CC[C@H](C(=O)NCC(C)C)N(Cc1cccc(OC)c1)C(=O)CN(c1cccc2ccccc12)S(C)(=O)=O. The summed E-state index contributed by atoms with van der Waals surface area (Å²) in [6.07, 6.45) is 1.45. The fraction of sp³-hybridized carbons (Fsp3) is 0.379. The fourth-order valence-electron chi connectivity index (χ4n) is 4.33. The van der Waals surface area contributed by atoms with Crippen LogP contribution in [0.25, 0.3) is 10.8 Å². The van der Waals surface area contributed by atoms with Crippen molar-refractivity contribution < 1.29 is 22.7 Å². The first-order valence-corrected chi connectivity index (χ1v) is 14.6. The zero-order chi connectivity index (χ0) is 27.9. The summed E-state index contributed by atoms with van der Waals surface area (Å²) in [5.74, 6) is 0.123. The number of ether oxygens (including phenoxy) is 1. The normalized spacial score (nSPS) is 12.3.